The zero-order chi connectivity index (χ0) is 25.0. The summed E-state index contributed by atoms with van der Waals surface area (Å²) in [5.41, 5.74) is 3.47. The van der Waals surface area contributed by atoms with Gasteiger partial charge in [0, 0.05) is 37.2 Å². The number of hydrogen-bond donors (Lipinski definition) is 2. The summed E-state index contributed by atoms with van der Waals surface area (Å²) in [4.78, 5) is 27.9. The number of carbonyl (C=O) groups is 2. The van der Waals surface area contributed by atoms with E-state index in [-0.39, 0.29) is 23.3 Å². The van der Waals surface area contributed by atoms with E-state index in [1.165, 1.54) is 35.8 Å². The van der Waals surface area contributed by atoms with E-state index >= 15 is 0 Å². The molecule has 4 rings (SSSR count). The number of benzene rings is 2. The minimum absolute atomic E-state index is 0.0168. The molecule has 0 aliphatic carbocycles. The lowest BCUT2D eigenvalue weighted by atomic mass is 10.0. The average Bonchev–Trinajstić information content (AvgIpc) is 2.86. The van der Waals surface area contributed by atoms with E-state index in [1.807, 2.05) is 19.1 Å². The molecule has 2 amide bonds. The fourth-order valence-electron chi connectivity index (χ4n) is 4.62. The summed E-state index contributed by atoms with van der Waals surface area (Å²) in [7, 11) is -3.99. The predicted octanol–water partition coefficient (Wildman–Crippen LogP) is 2.69. The van der Waals surface area contributed by atoms with Crippen LogP contribution in [0, 0.1) is 6.92 Å². The first-order valence-corrected chi connectivity index (χ1v) is 13.4. The number of piperidine rings is 1. The standard InChI is InChI=1S/C26H32N4O4S/c1-3-20-6-4-5-7-23(20)29-15-12-21(13-16-29)28-25(31)18-24-26(32)27-14-17-30(24)35(33,34)22-10-8-19(2)9-11-22/h4-11,14,17,21,24H,3,12-13,15-16,18H2,1-2H3,(H,27,32)(H,28,31)/t24-/m1/s1. The van der Waals surface area contributed by atoms with Crippen molar-refractivity contribution in [1.29, 1.82) is 0 Å². The van der Waals surface area contributed by atoms with Gasteiger partial charge in [-0.1, -0.05) is 42.8 Å². The van der Waals surface area contributed by atoms with Crippen molar-refractivity contribution >= 4 is 27.5 Å². The molecular formula is C26H32N4O4S. The molecule has 0 radical (unpaired) electrons. The number of carbonyl (C=O) groups excluding carboxylic acids is 2. The quantitative estimate of drug-likeness (QED) is 0.614. The van der Waals surface area contributed by atoms with Crippen molar-refractivity contribution in [3.05, 3.63) is 72.1 Å². The Labute approximate surface area is 207 Å². The third-order valence-electron chi connectivity index (χ3n) is 6.61. The van der Waals surface area contributed by atoms with E-state index in [2.05, 4.69) is 34.6 Å². The molecule has 186 valence electrons. The summed E-state index contributed by atoms with van der Waals surface area (Å²) in [6.45, 7) is 5.65. The molecule has 2 aromatic rings. The maximum absolute atomic E-state index is 13.2. The number of nitrogens with zero attached hydrogens (tertiary/aromatic N) is 2. The van der Waals surface area contributed by atoms with Gasteiger partial charge in [-0.2, -0.15) is 0 Å². The van der Waals surface area contributed by atoms with Crippen LogP contribution in [0.5, 0.6) is 0 Å². The molecule has 35 heavy (non-hydrogen) atoms. The van der Waals surface area contributed by atoms with Gasteiger partial charge in [-0.05, 0) is 49.9 Å². The smallest absolute Gasteiger partial charge is 0.264 e. The van der Waals surface area contributed by atoms with Crippen molar-refractivity contribution < 1.29 is 18.0 Å². The zero-order valence-electron chi connectivity index (χ0n) is 20.1. The third-order valence-corrected chi connectivity index (χ3v) is 8.40. The lowest BCUT2D eigenvalue weighted by Gasteiger charge is -2.35. The molecule has 8 nitrogen and oxygen atoms in total. The summed E-state index contributed by atoms with van der Waals surface area (Å²) in [5, 5.41) is 5.54. The molecular weight excluding hydrogens is 464 g/mol. The van der Waals surface area contributed by atoms with Crippen LogP contribution in [-0.4, -0.2) is 49.7 Å². The van der Waals surface area contributed by atoms with Crippen LogP contribution in [0.15, 0.2) is 65.8 Å². The molecule has 2 aromatic carbocycles. The van der Waals surface area contributed by atoms with Gasteiger partial charge in [-0.25, -0.2) is 8.42 Å². The molecule has 2 heterocycles. The van der Waals surface area contributed by atoms with Gasteiger partial charge in [-0.3, -0.25) is 13.9 Å². The van der Waals surface area contributed by atoms with Crippen molar-refractivity contribution in [3.8, 4) is 0 Å². The van der Waals surface area contributed by atoms with E-state index in [4.69, 9.17) is 0 Å². The van der Waals surface area contributed by atoms with Crippen molar-refractivity contribution in [3.63, 3.8) is 0 Å². The highest BCUT2D eigenvalue weighted by molar-refractivity contribution is 7.89. The Balaban J connectivity index is 1.39. The Morgan fingerprint density at radius 2 is 1.77 bits per heavy atom. The van der Waals surface area contributed by atoms with Gasteiger partial charge in [0.15, 0.2) is 0 Å². The molecule has 9 heteroatoms. The van der Waals surface area contributed by atoms with E-state index in [0.717, 1.165) is 42.2 Å². The molecule has 0 saturated carbocycles. The van der Waals surface area contributed by atoms with Crippen molar-refractivity contribution in [1.82, 2.24) is 14.9 Å². The molecule has 1 saturated heterocycles. The normalized spacial score (nSPS) is 18.9. The maximum atomic E-state index is 13.2. The number of hydrogen-bond acceptors (Lipinski definition) is 5. The molecule has 2 aliphatic heterocycles. The Bertz CT molecular complexity index is 1200. The number of sulfonamides is 1. The zero-order valence-corrected chi connectivity index (χ0v) is 20.9. The Morgan fingerprint density at radius 3 is 2.46 bits per heavy atom. The van der Waals surface area contributed by atoms with Gasteiger partial charge in [0.05, 0.1) is 11.3 Å². The Kier molecular flexibility index (Phi) is 7.45. The number of aryl methyl sites for hydroxylation is 2. The van der Waals surface area contributed by atoms with Gasteiger partial charge in [-0.15, -0.1) is 0 Å². The highest BCUT2D eigenvalue weighted by Gasteiger charge is 2.37. The molecule has 1 atom stereocenters. The van der Waals surface area contributed by atoms with Gasteiger partial charge >= 0.3 is 0 Å². The average molecular weight is 497 g/mol. The summed E-state index contributed by atoms with van der Waals surface area (Å²) in [5.74, 6) is -0.860. The predicted molar refractivity (Wildman–Crippen MR) is 135 cm³/mol. The number of rotatable bonds is 7. The third kappa shape index (κ3) is 5.51. The van der Waals surface area contributed by atoms with Crippen LogP contribution in [0.2, 0.25) is 0 Å². The molecule has 2 aliphatic rings. The van der Waals surface area contributed by atoms with Crippen LogP contribution in [0.1, 0.15) is 37.3 Å². The minimum atomic E-state index is -3.99. The lowest BCUT2D eigenvalue weighted by molar-refractivity contribution is -0.129. The lowest BCUT2D eigenvalue weighted by Crippen LogP contribution is -2.52. The van der Waals surface area contributed by atoms with E-state index in [0.29, 0.717) is 0 Å². The Morgan fingerprint density at radius 1 is 1.09 bits per heavy atom. The van der Waals surface area contributed by atoms with E-state index in [1.54, 1.807) is 12.1 Å². The molecule has 0 unspecified atom stereocenters. The summed E-state index contributed by atoms with van der Waals surface area (Å²) < 4.78 is 27.4. The number of anilines is 1. The summed E-state index contributed by atoms with van der Waals surface area (Å²) in [6, 6.07) is 13.6. The van der Waals surface area contributed by atoms with Gasteiger partial charge in [0.2, 0.25) is 11.8 Å². The van der Waals surface area contributed by atoms with Crippen LogP contribution in [0.4, 0.5) is 5.69 Å². The first-order valence-electron chi connectivity index (χ1n) is 12.0. The van der Waals surface area contributed by atoms with Crippen molar-refractivity contribution in [2.24, 2.45) is 0 Å². The van der Waals surface area contributed by atoms with Crippen LogP contribution in [0.3, 0.4) is 0 Å². The minimum Gasteiger partial charge on any atom is -0.371 e. The van der Waals surface area contributed by atoms with Crippen LogP contribution >= 0.6 is 0 Å². The van der Waals surface area contributed by atoms with Crippen LogP contribution in [0.25, 0.3) is 0 Å². The number of amides is 2. The van der Waals surface area contributed by atoms with E-state index < -0.39 is 22.0 Å². The van der Waals surface area contributed by atoms with Gasteiger partial charge in [0.25, 0.3) is 10.0 Å². The van der Waals surface area contributed by atoms with Crippen molar-refractivity contribution in [2.45, 2.75) is 56.5 Å². The summed E-state index contributed by atoms with van der Waals surface area (Å²) in [6.07, 6.45) is 4.87. The molecule has 0 bridgehead atoms. The fraction of sp³-hybridized carbons (Fsp3) is 0.385. The second-order valence-electron chi connectivity index (χ2n) is 9.00. The number of nitrogens with one attached hydrogen (secondary N) is 2. The van der Waals surface area contributed by atoms with Crippen LogP contribution in [-0.2, 0) is 26.0 Å². The maximum Gasteiger partial charge on any atom is 0.264 e. The van der Waals surface area contributed by atoms with Gasteiger partial charge < -0.3 is 15.5 Å². The highest BCUT2D eigenvalue weighted by Crippen LogP contribution is 2.26. The molecule has 0 aromatic heterocycles. The second-order valence-corrected chi connectivity index (χ2v) is 10.8. The van der Waals surface area contributed by atoms with Crippen LogP contribution < -0.4 is 15.5 Å². The highest BCUT2D eigenvalue weighted by atomic mass is 32.2. The van der Waals surface area contributed by atoms with E-state index in [9.17, 15) is 18.0 Å². The monoisotopic (exact) mass is 496 g/mol. The largest absolute Gasteiger partial charge is 0.371 e. The topological polar surface area (TPSA) is 98.8 Å². The first kappa shape index (κ1) is 24.8. The SMILES string of the molecule is CCc1ccccc1N1CCC(NC(=O)C[C@@H]2C(=O)NC=CN2S(=O)(=O)c2ccc(C)cc2)CC1. The Hall–Kier alpha value is -3.33. The molecule has 1 fully saturated rings. The number of para-hydroxylation sites is 1. The second kappa shape index (κ2) is 10.5. The fourth-order valence-corrected chi connectivity index (χ4v) is 6.07. The molecule has 0 spiro atoms. The summed E-state index contributed by atoms with van der Waals surface area (Å²) >= 11 is 0. The van der Waals surface area contributed by atoms with Gasteiger partial charge in [0.1, 0.15) is 6.04 Å². The first-order chi connectivity index (χ1) is 16.8. The molecule has 2 N–H and O–H groups in total. The van der Waals surface area contributed by atoms with Crippen molar-refractivity contribution in [2.75, 3.05) is 18.0 Å².